The summed E-state index contributed by atoms with van der Waals surface area (Å²) in [6, 6.07) is 5.89. The van der Waals surface area contributed by atoms with Crippen molar-refractivity contribution in [1.82, 2.24) is 10.6 Å². The van der Waals surface area contributed by atoms with E-state index in [0.29, 0.717) is 12.3 Å². The molecule has 0 saturated carbocycles. The lowest BCUT2D eigenvalue weighted by molar-refractivity contribution is -0.384. The fourth-order valence-electron chi connectivity index (χ4n) is 1.26. The minimum Gasteiger partial charge on any atom is -0.484 e. The SMILES string of the molecule is CNC(C)CNC(=O)COc1cccc([N+](=O)[O-])c1. The standard InChI is InChI=1S/C12H17N3O4/c1-9(13-2)7-14-12(16)8-19-11-5-3-4-10(6-11)15(17)18/h3-6,9,13H,7-8H2,1-2H3,(H,14,16). The van der Waals surface area contributed by atoms with Crippen LogP contribution in [-0.2, 0) is 4.79 Å². The molecular formula is C12H17N3O4. The zero-order valence-corrected chi connectivity index (χ0v) is 10.9. The Morgan fingerprint density at radius 2 is 2.26 bits per heavy atom. The second-order valence-electron chi connectivity index (χ2n) is 4.04. The molecule has 0 aliphatic rings. The first-order valence-electron chi connectivity index (χ1n) is 5.84. The second-order valence-corrected chi connectivity index (χ2v) is 4.04. The van der Waals surface area contributed by atoms with Gasteiger partial charge in [0.2, 0.25) is 0 Å². The Hall–Kier alpha value is -2.15. The van der Waals surface area contributed by atoms with E-state index >= 15 is 0 Å². The summed E-state index contributed by atoms with van der Waals surface area (Å²) in [5, 5.41) is 16.2. The van der Waals surface area contributed by atoms with Crippen molar-refractivity contribution in [1.29, 1.82) is 0 Å². The summed E-state index contributed by atoms with van der Waals surface area (Å²) in [6.45, 7) is 2.26. The van der Waals surface area contributed by atoms with Crippen molar-refractivity contribution in [3.8, 4) is 5.75 Å². The Labute approximate surface area is 111 Å². The van der Waals surface area contributed by atoms with Crippen molar-refractivity contribution in [3.63, 3.8) is 0 Å². The third kappa shape index (κ3) is 5.35. The maximum atomic E-state index is 11.5. The summed E-state index contributed by atoms with van der Waals surface area (Å²) in [4.78, 5) is 21.5. The number of rotatable bonds is 7. The molecule has 0 bridgehead atoms. The number of carbonyl (C=O) groups excluding carboxylic acids is 1. The number of hydrogen-bond donors (Lipinski definition) is 2. The molecule has 1 aromatic rings. The number of carbonyl (C=O) groups is 1. The molecule has 19 heavy (non-hydrogen) atoms. The Morgan fingerprint density at radius 1 is 1.53 bits per heavy atom. The molecule has 0 saturated heterocycles. The maximum absolute atomic E-state index is 11.5. The molecular weight excluding hydrogens is 250 g/mol. The Bertz CT molecular complexity index is 450. The van der Waals surface area contributed by atoms with E-state index in [1.807, 2.05) is 6.92 Å². The van der Waals surface area contributed by atoms with Crippen LogP contribution in [-0.4, -0.2) is 37.1 Å². The van der Waals surface area contributed by atoms with Gasteiger partial charge in [-0.25, -0.2) is 0 Å². The summed E-state index contributed by atoms with van der Waals surface area (Å²) in [5.41, 5.74) is -0.0679. The van der Waals surface area contributed by atoms with E-state index in [0.717, 1.165) is 0 Å². The molecule has 104 valence electrons. The summed E-state index contributed by atoms with van der Waals surface area (Å²) >= 11 is 0. The minimum absolute atomic E-state index is 0.0679. The molecule has 0 aromatic heterocycles. The van der Waals surface area contributed by atoms with Gasteiger partial charge >= 0.3 is 0 Å². The molecule has 0 spiro atoms. The summed E-state index contributed by atoms with van der Waals surface area (Å²) in [7, 11) is 1.80. The molecule has 0 fully saturated rings. The maximum Gasteiger partial charge on any atom is 0.273 e. The largest absolute Gasteiger partial charge is 0.484 e. The Balaban J connectivity index is 2.42. The number of amides is 1. The van der Waals surface area contributed by atoms with Crippen LogP contribution in [0.2, 0.25) is 0 Å². The lowest BCUT2D eigenvalue weighted by Gasteiger charge is -2.11. The predicted octanol–water partition coefficient (Wildman–Crippen LogP) is 0.698. The number of nitro groups is 1. The molecule has 0 radical (unpaired) electrons. The molecule has 1 aromatic carbocycles. The Morgan fingerprint density at radius 3 is 2.89 bits per heavy atom. The quantitative estimate of drug-likeness (QED) is 0.560. The van der Waals surface area contributed by atoms with E-state index in [1.54, 1.807) is 13.1 Å². The van der Waals surface area contributed by atoms with Gasteiger partial charge in [-0.05, 0) is 20.0 Å². The average Bonchev–Trinajstić information content (AvgIpc) is 2.42. The monoisotopic (exact) mass is 267 g/mol. The van der Waals surface area contributed by atoms with Gasteiger partial charge in [-0.3, -0.25) is 14.9 Å². The van der Waals surface area contributed by atoms with E-state index < -0.39 is 4.92 Å². The molecule has 0 aliphatic heterocycles. The van der Waals surface area contributed by atoms with Gasteiger partial charge in [0.25, 0.3) is 11.6 Å². The van der Waals surface area contributed by atoms with Crippen LogP contribution in [0.15, 0.2) is 24.3 Å². The number of nitro benzene ring substituents is 1. The van der Waals surface area contributed by atoms with Crippen LogP contribution < -0.4 is 15.4 Å². The van der Waals surface area contributed by atoms with Crippen LogP contribution in [0.25, 0.3) is 0 Å². The first kappa shape index (κ1) is 14.9. The van der Waals surface area contributed by atoms with E-state index in [4.69, 9.17) is 4.74 Å². The van der Waals surface area contributed by atoms with E-state index in [2.05, 4.69) is 10.6 Å². The first-order chi connectivity index (χ1) is 9.02. The fraction of sp³-hybridized carbons (Fsp3) is 0.417. The van der Waals surface area contributed by atoms with Gasteiger partial charge in [-0.2, -0.15) is 0 Å². The highest BCUT2D eigenvalue weighted by atomic mass is 16.6. The number of nitrogens with zero attached hydrogens (tertiary/aromatic N) is 1. The zero-order valence-electron chi connectivity index (χ0n) is 10.9. The number of hydrogen-bond acceptors (Lipinski definition) is 5. The summed E-state index contributed by atoms with van der Waals surface area (Å²) < 4.78 is 5.19. The third-order valence-corrected chi connectivity index (χ3v) is 2.50. The van der Waals surface area contributed by atoms with Crippen molar-refractivity contribution < 1.29 is 14.5 Å². The molecule has 0 heterocycles. The normalized spacial score (nSPS) is 11.7. The topological polar surface area (TPSA) is 93.5 Å². The molecule has 7 heteroatoms. The van der Waals surface area contributed by atoms with Crippen LogP contribution in [0.3, 0.4) is 0 Å². The second kappa shape index (κ2) is 7.32. The number of nitrogens with one attached hydrogen (secondary N) is 2. The van der Waals surface area contributed by atoms with E-state index in [9.17, 15) is 14.9 Å². The highest BCUT2D eigenvalue weighted by molar-refractivity contribution is 5.77. The van der Waals surface area contributed by atoms with Crippen molar-refractivity contribution in [3.05, 3.63) is 34.4 Å². The zero-order chi connectivity index (χ0) is 14.3. The minimum atomic E-state index is -0.512. The van der Waals surface area contributed by atoms with Crippen LogP contribution in [0.5, 0.6) is 5.75 Å². The van der Waals surface area contributed by atoms with Gasteiger partial charge in [-0.15, -0.1) is 0 Å². The van der Waals surface area contributed by atoms with Crippen LogP contribution >= 0.6 is 0 Å². The lowest BCUT2D eigenvalue weighted by atomic mass is 10.3. The highest BCUT2D eigenvalue weighted by Crippen LogP contribution is 2.18. The van der Waals surface area contributed by atoms with Gasteiger partial charge in [-0.1, -0.05) is 6.07 Å². The number of ether oxygens (including phenoxy) is 1. The molecule has 2 N–H and O–H groups in total. The fourth-order valence-corrected chi connectivity index (χ4v) is 1.26. The van der Waals surface area contributed by atoms with Gasteiger partial charge in [0.1, 0.15) is 5.75 Å². The number of non-ortho nitro benzene ring substituents is 1. The highest BCUT2D eigenvalue weighted by Gasteiger charge is 2.08. The Kier molecular flexibility index (Phi) is 5.74. The first-order valence-corrected chi connectivity index (χ1v) is 5.84. The predicted molar refractivity (Wildman–Crippen MR) is 70.1 cm³/mol. The molecule has 0 aliphatic carbocycles. The van der Waals surface area contributed by atoms with Crippen molar-refractivity contribution in [2.24, 2.45) is 0 Å². The number of benzene rings is 1. The van der Waals surface area contributed by atoms with Gasteiger partial charge in [0.15, 0.2) is 6.61 Å². The summed E-state index contributed by atoms with van der Waals surface area (Å²) in [5.74, 6) is 0.0274. The van der Waals surface area contributed by atoms with E-state index in [1.165, 1.54) is 18.2 Å². The molecule has 7 nitrogen and oxygen atoms in total. The van der Waals surface area contributed by atoms with Crippen molar-refractivity contribution in [2.45, 2.75) is 13.0 Å². The molecule has 1 unspecified atom stereocenters. The van der Waals surface area contributed by atoms with Crippen molar-refractivity contribution >= 4 is 11.6 Å². The third-order valence-electron chi connectivity index (χ3n) is 2.50. The smallest absolute Gasteiger partial charge is 0.273 e. The lowest BCUT2D eigenvalue weighted by Crippen LogP contribution is -2.39. The average molecular weight is 267 g/mol. The molecule has 1 atom stereocenters. The van der Waals surface area contributed by atoms with Gasteiger partial charge in [0.05, 0.1) is 11.0 Å². The van der Waals surface area contributed by atoms with Crippen LogP contribution in [0.4, 0.5) is 5.69 Å². The van der Waals surface area contributed by atoms with Crippen LogP contribution in [0.1, 0.15) is 6.92 Å². The van der Waals surface area contributed by atoms with Crippen molar-refractivity contribution in [2.75, 3.05) is 20.2 Å². The molecule has 1 amide bonds. The van der Waals surface area contributed by atoms with Gasteiger partial charge < -0.3 is 15.4 Å². The number of likely N-dealkylation sites (N-methyl/N-ethyl adjacent to an activating group) is 1. The van der Waals surface area contributed by atoms with E-state index in [-0.39, 0.29) is 24.2 Å². The van der Waals surface area contributed by atoms with Gasteiger partial charge in [0, 0.05) is 18.7 Å². The summed E-state index contributed by atoms with van der Waals surface area (Å²) in [6.07, 6.45) is 0. The van der Waals surface area contributed by atoms with Crippen LogP contribution in [0, 0.1) is 10.1 Å². The molecule has 1 rings (SSSR count).